The summed E-state index contributed by atoms with van der Waals surface area (Å²) < 4.78 is 45.4. The van der Waals surface area contributed by atoms with Crippen molar-refractivity contribution in [1.29, 1.82) is 0 Å². The molecule has 3 aromatic carbocycles. The van der Waals surface area contributed by atoms with Gasteiger partial charge in [0.2, 0.25) is 5.79 Å². The molecule has 358 valence electrons. The molecule has 0 spiro atoms. The summed E-state index contributed by atoms with van der Waals surface area (Å²) in [6.45, 7) is 22.2. The fourth-order valence-electron chi connectivity index (χ4n) is 9.39. The molecule has 6 rings (SSSR count). The van der Waals surface area contributed by atoms with Gasteiger partial charge < -0.3 is 32.8 Å². The molecule has 0 radical (unpaired) electrons. The summed E-state index contributed by atoms with van der Waals surface area (Å²) in [6, 6.07) is 26.1. The van der Waals surface area contributed by atoms with Crippen LogP contribution in [-0.2, 0) is 52.5 Å². The Morgan fingerprint density at radius 1 is 0.785 bits per heavy atom. The van der Waals surface area contributed by atoms with Crippen LogP contribution in [0.2, 0.25) is 18.1 Å². The van der Waals surface area contributed by atoms with E-state index in [0.29, 0.717) is 17.9 Å². The standard InChI is InChI=1S/C55H80O9Si/c1-39(33-34-44-29-19-28-43(60-44)27-17-25-42-26-18-31-47-50(42)51(56)63-55(7,8)62-47)48(64-65(9,10)53(2,3)4)36-46(58-37-40-21-13-11-14-22-40)35-45-30-20-32-49(61-45)54(5,6)52(57)59-38-41-23-15-12-16-24-41/h11-16,18,21-24,26,31,39,43-46,48-49H,17,19-20,25,27-30,32-38H2,1-10H3/t39-,43-,44-,45-,46-,48+,49+/m0/s1. The molecule has 0 amide bonds. The topological polar surface area (TPSA) is 98.8 Å². The number of aryl methyl sites for hydroxylation is 1. The van der Waals surface area contributed by atoms with Gasteiger partial charge in [-0.05, 0) is 144 Å². The number of cyclic esters (lactones) is 1. The zero-order valence-corrected chi connectivity index (χ0v) is 42.3. The summed E-state index contributed by atoms with van der Waals surface area (Å²) in [5.74, 6) is -0.619. The monoisotopic (exact) mass is 913 g/mol. The lowest BCUT2D eigenvalue weighted by Crippen LogP contribution is -2.47. The van der Waals surface area contributed by atoms with Crippen LogP contribution in [0.4, 0.5) is 0 Å². The van der Waals surface area contributed by atoms with Crippen LogP contribution in [0.3, 0.4) is 0 Å². The minimum Gasteiger partial charge on any atom is -0.460 e. The normalized spacial score (nSPS) is 22.8. The SMILES string of the molecule is C[C@@H](CC[C@@H]1CCC[C@H](CCCc2cccc3c2C(=O)OC(C)(C)O3)O1)[C@@H](C[C@H](C[C@@H]1CCC[C@H](C(C)(C)C(=O)OCc2ccccc2)O1)OCc1ccccc1)O[Si](C)(C)C(C)(C)C. The van der Waals surface area contributed by atoms with Crippen LogP contribution in [0.15, 0.2) is 78.9 Å². The zero-order valence-electron chi connectivity index (χ0n) is 41.3. The molecule has 9 nitrogen and oxygen atoms in total. The molecule has 0 saturated carbocycles. The molecule has 3 aromatic rings. The van der Waals surface area contributed by atoms with E-state index in [2.05, 4.69) is 65.1 Å². The molecule has 3 heterocycles. The molecular weight excluding hydrogens is 833 g/mol. The highest BCUT2D eigenvalue weighted by Gasteiger charge is 2.44. The molecule has 0 N–H and O–H groups in total. The van der Waals surface area contributed by atoms with Crippen LogP contribution in [-0.4, -0.2) is 62.7 Å². The number of benzene rings is 3. The van der Waals surface area contributed by atoms with Gasteiger partial charge in [-0.25, -0.2) is 4.79 Å². The fraction of sp³-hybridized carbons (Fsp3) is 0.636. The van der Waals surface area contributed by atoms with Gasteiger partial charge in [0.25, 0.3) is 0 Å². The first kappa shape index (κ1) is 50.9. The number of hydrogen-bond acceptors (Lipinski definition) is 9. The summed E-state index contributed by atoms with van der Waals surface area (Å²) in [5.41, 5.74) is 2.86. The van der Waals surface area contributed by atoms with E-state index >= 15 is 0 Å². The molecular formula is C55H80O9Si. The Morgan fingerprint density at radius 2 is 1.42 bits per heavy atom. The first-order valence-electron chi connectivity index (χ1n) is 24.7. The largest absolute Gasteiger partial charge is 0.460 e. The summed E-state index contributed by atoms with van der Waals surface area (Å²) in [6.07, 6.45) is 12.1. The van der Waals surface area contributed by atoms with Gasteiger partial charge in [-0.1, -0.05) is 100 Å². The van der Waals surface area contributed by atoms with Gasteiger partial charge in [0.1, 0.15) is 17.9 Å². The van der Waals surface area contributed by atoms with E-state index in [1.165, 1.54) is 0 Å². The van der Waals surface area contributed by atoms with Crippen molar-refractivity contribution in [2.45, 2.75) is 213 Å². The molecule has 0 unspecified atom stereocenters. The predicted octanol–water partition coefficient (Wildman–Crippen LogP) is 13.1. The van der Waals surface area contributed by atoms with Crippen LogP contribution in [0.25, 0.3) is 0 Å². The van der Waals surface area contributed by atoms with E-state index in [1.54, 1.807) is 13.8 Å². The number of carbonyl (C=O) groups excluding carboxylic acids is 2. The Balaban J connectivity index is 1.09. The second kappa shape index (κ2) is 22.5. The van der Waals surface area contributed by atoms with Crippen molar-refractivity contribution < 1.29 is 42.4 Å². The highest BCUT2D eigenvalue weighted by atomic mass is 28.4. The average molecular weight is 913 g/mol. The minimum atomic E-state index is -2.17. The van der Waals surface area contributed by atoms with E-state index in [9.17, 15) is 9.59 Å². The van der Waals surface area contributed by atoms with Gasteiger partial charge in [0.15, 0.2) is 8.32 Å². The molecule has 2 fully saturated rings. The Hall–Kier alpha value is -3.54. The van der Waals surface area contributed by atoms with Crippen molar-refractivity contribution in [2.75, 3.05) is 0 Å². The molecule has 10 heteroatoms. The van der Waals surface area contributed by atoms with E-state index in [1.807, 2.05) is 68.4 Å². The second-order valence-electron chi connectivity index (χ2n) is 21.7. The molecule has 0 aromatic heterocycles. The van der Waals surface area contributed by atoms with E-state index in [4.69, 9.17) is 32.8 Å². The van der Waals surface area contributed by atoms with Crippen LogP contribution in [0, 0.1) is 11.3 Å². The van der Waals surface area contributed by atoms with Crippen molar-refractivity contribution in [3.05, 3.63) is 101 Å². The fourth-order valence-corrected chi connectivity index (χ4v) is 10.8. The van der Waals surface area contributed by atoms with Gasteiger partial charge >= 0.3 is 11.9 Å². The lowest BCUT2D eigenvalue weighted by atomic mass is 9.81. The van der Waals surface area contributed by atoms with Crippen LogP contribution in [0.1, 0.15) is 159 Å². The Kier molecular flexibility index (Phi) is 17.6. The number of esters is 2. The maximum absolute atomic E-state index is 13.6. The number of hydrogen-bond donors (Lipinski definition) is 0. The van der Waals surface area contributed by atoms with Crippen LogP contribution >= 0.6 is 0 Å². The summed E-state index contributed by atoms with van der Waals surface area (Å²) in [7, 11) is -2.17. The Bertz CT molecular complexity index is 1960. The lowest BCUT2D eigenvalue weighted by molar-refractivity contribution is -0.175. The molecule has 3 aliphatic heterocycles. The van der Waals surface area contributed by atoms with Crippen molar-refractivity contribution >= 4 is 20.3 Å². The summed E-state index contributed by atoms with van der Waals surface area (Å²) in [4.78, 5) is 26.5. The van der Waals surface area contributed by atoms with Crippen molar-refractivity contribution in [3.8, 4) is 5.75 Å². The van der Waals surface area contributed by atoms with E-state index in [0.717, 1.165) is 100 Å². The van der Waals surface area contributed by atoms with Gasteiger partial charge in [-0.2, -0.15) is 0 Å². The first-order chi connectivity index (χ1) is 30.8. The number of fused-ring (bicyclic) bond motifs is 1. The smallest absolute Gasteiger partial charge is 0.345 e. The Labute approximate surface area is 392 Å². The van der Waals surface area contributed by atoms with Gasteiger partial charge in [0, 0.05) is 13.8 Å². The number of ether oxygens (including phenoxy) is 6. The second-order valence-corrected chi connectivity index (χ2v) is 26.5. The maximum atomic E-state index is 13.6. The van der Waals surface area contributed by atoms with E-state index in [-0.39, 0.29) is 66.1 Å². The third kappa shape index (κ3) is 14.5. The van der Waals surface area contributed by atoms with Gasteiger partial charge in [-0.3, -0.25) is 4.79 Å². The minimum absolute atomic E-state index is 0.00195. The van der Waals surface area contributed by atoms with Gasteiger partial charge in [0.05, 0.1) is 48.6 Å². The van der Waals surface area contributed by atoms with Crippen molar-refractivity contribution in [1.82, 2.24) is 0 Å². The summed E-state index contributed by atoms with van der Waals surface area (Å²) in [5, 5.41) is 0.0500. The number of carbonyl (C=O) groups is 2. The molecule has 65 heavy (non-hydrogen) atoms. The predicted molar refractivity (Wildman–Crippen MR) is 259 cm³/mol. The lowest BCUT2D eigenvalue weighted by Gasteiger charge is -2.43. The molecule has 2 saturated heterocycles. The average Bonchev–Trinajstić information content (AvgIpc) is 3.26. The highest BCUT2D eigenvalue weighted by molar-refractivity contribution is 6.74. The van der Waals surface area contributed by atoms with Crippen molar-refractivity contribution in [3.63, 3.8) is 0 Å². The van der Waals surface area contributed by atoms with Gasteiger partial charge in [-0.15, -0.1) is 0 Å². The molecule has 0 bridgehead atoms. The maximum Gasteiger partial charge on any atom is 0.345 e. The zero-order chi connectivity index (χ0) is 46.8. The molecule has 0 aliphatic carbocycles. The van der Waals surface area contributed by atoms with Crippen LogP contribution in [0.5, 0.6) is 5.75 Å². The third-order valence-corrected chi connectivity index (χ3v) is 19.0. The van der Waals surface area contributed by atoms with Crippen molar-refractivity contribution in [2.24, 2.45) is 11.3 Å². The first-order valence-corrected chi connectivity index (χ1v) is 27.6. The van der Waals surface area contributed by atoms with Crippen LogP contribution < -0.4 is 4.74 Å². The summed E-state index contributed by atoms with van der Waals surface area (Å²) >= 11 is 0. The number of rotatable bonds is 21. The molecule has 3 aliphatic rings. The Morgan fingerprint density at radius 3 is 2.09 bits per heavy atom. The highest BCUT2D eigenvalue weighted by Crippen LogP contribution is 2.41. The third-order valence-electron chi connectivity index (χ3n) is 14.5. The quantitative estimate of drug-likeness (QED) is 0.0764. The van der Waals surface area contributed by atoms with E-state index < -0.39 is 19.5 Å². The molecule has 7 atom stereocenters.